The van der Waals surface area contributed by atoms with E-state index in [2.05, 4.69) is 0 Å². The summed E-state index contributed by atoms with van der Waals surface area (Å²) in [5.41, 5.74) is 8.78. The van der Waals surface area contributed by atoms with Gasteiger partial charge >= 0.3 is 5.97 Å². The van der Waals surface area contributed by atoms with Crippen molar-refractivity contribution in [3.05, 3.63) is 69.8 Å². The van der Waals surface area contributed by atoms with Crippen LogP contribution in [0.3, 0.4) is 0 Å². The number of carbonyl (C=O) groups is 1. The Morgan fingerprint density at radius 3 is 2.52 bits per heavy atom. The van der Waals surface area contributed by atoms with E-state index in [9.17, 15) is 14.7 Å². The maximum absolute atomic E-state index is 13.1. The summed E-state index contributed by atoms with van der Waals surface area (Å²) in [5.74, 6) is -0.786. The molecule has 0 bridgehead atoms. The van der Waals surface area contributed by atoms with Gasteiger partial charge in [-0.05, 0) is 47.5 Å². The Bertz CT molecular complexity index is 1340. The molecule has 0 aliphatic rings. The lowest BCUT2D eigenvalue weighted by atomic mass is 10.0. The van der Waals surface area contributed by atoms with Crippen molar-refractivity contribution in [2.75, 3.05) is 12.8 Å². The number of nitrogens with zero attached hydrogens (tertiary/aromatic N) is 1. The number of carboxylic acids is 1. The molecule has 7 heteroatoms. The van der Waals surface area contributed by atoms with Gasteiger partial charge in [0.15, 0.2) is 11.2 Å². The van der Waals surface area contributed by atoms with E-state index < -0.39 is 5.97 Å². The number of pyridine rings is 1. The molecule has 0 unspecified atom stereocenters. The van der Waals surface area contributed by atoms with Gasteiger partial charge in [0.25, 0.3) is 0 Å². The molecule has 0 radical (unpaired) electrons. The second-order valence-electron chi connectivity index (χ2n) is 6.64. The fourth-order valence-electron chi connectivity index (χ4n) is 3.60. The Hall–Kier alpha value is -3.51. The van der Waals surface area contributed by atoms with E-state index in [0.29, 0.717) is 32.5 Å². The molecule has 3 aromatic carbocycles. The average molecular weight is 409 g/mol. The zero-order valence-electron chi connectivity index (χ0n) is 15.5. The number of benzene rings is 3. The number of ether oxygens (including phenoxy) is 1. The Morgan fingerprint density at radius 1 is 1.10 bits per heavy atom. The van der Waals surface area contributed by atoms with Gasteiger partial charge in [0.1, 0.15) is 6.54 Å². The molecule has 0 saturated carbocycles. The van der Waals surface area contributed by atoms with Crippen LogP contribution in [0.1, 0.15) is 0 Å². The van der Waals surface area contributed by atoms with Crippen molar-refractivity contribution in [2.45, 2.75) is 6.54 Å². The first kappa shape index (κ1) is 18.8. The molecular weight excluding hydrogens is 392 g/mol. The van der Waals surface area contributed by atoms with Crippen LogP contribution in [-0.4, -0.2) is 22.8 Å². The minimum absolute atomic E-state index is 0.217. The number of aliphatic carboxylic acids is 1. The molecule has 1 heterocycles. The third-order valence-electron chi connectivity index (χ3n) is 4.85. The highest BCUT2D eigenvalue weighted by Crippen LogP contribution is 2.35. The molecule has 6 nitrogen and oxygen atoms in total. The molecule has 0 saturated heterocycles. The quantitative estimate of drug-likeness (QED) is 0.390. The monoisotopic (exact) mass is 408 g/mol. The first-order valence-corrected chi connectivity index (χ1v) is 9.19. The van der Waals surface area contributed by atoms with Gasteiger partial charge in [-0.25, -0.2) is 0 Å². The summed E-state index contributed by atoms with van der Waals surface area (Å²) in [6.07, 6.45) is 0. The smallest absolute Gasteiger partial charge is 0.323 e. The lowest BCUT2D eigenvalue weighted by Crippen LogP contribution is -2.16. The normalized spacial score (nSPS) is 11.1. The molecule has 0 aliphatic heterocycles. The van der Waals surface area contributed by atoms with E-state index in [1.807, 2.05) is 24.3 Å². The second kappa shape index (κ2) is 7.14. The maximum Gasteiger partial charge on any atom is 0.323 e. The number of nitrogen functional groups attached to an aromatic ring is 1. The van der Waals surface area contributed by atoms with Gasteiger partial charge in [0.2, 0.25) is 0 Å². The van der Waals surface area contributed by atoms with Crippen LogP contribution in [0.5, 0.6) is 5.75 Å². The summed E-state index contributed by atoms with van der Waals surface area (Å²) in [7, 11) is 1.43. The number of fused-ring (bicyclic) bond motifs is 2. The minimum Gasteiger partial charge on any atom is -0.493 e. The average Bonchev–Trinajstić information content (AvgIpc) is 2.70. The van der Waals surface area contributed by atoms with Gasteiger partial charge in [-0.3, -0.25) is 9.59 Å². The number of halogens is 1. The van der Waals surface area contributed by atoms with Crippen molar-refractivity contribution in [2.24, 2.45) is 0 Å². The fraction of sp³-hybridized carbons (Fsp3) is 0.0909. The largest absolute Gasteiger partial charge is 0.493 e. The van der Waals surface area contributed by atoms with E-state index >= 15 is 0 Å². The molecule has 0 aliphatic carbocycles. The Morgan fingerprint density at radius 2 is 1.83 bits per heavy atom. The van der Waals surface area contributed by atoms with Crippen LogP contribution >= 0.6 is 11.6 Å². The third kappa shape index (κ3) is 3.17. The zero-order chi connectivity index (χ0) is 20.7. The Labute approximate surface area is 170 Å². The van der Waals surface area contributed by atoms with Gasteiger partial charge < -0.3 is 20.1 Å². The highest BCUT2D eigenvalue weighted by molar-refractivity contribution is 6.33. The van der Waals surface area contributed by atoms with Crippen LogP contribution in [0.15, 0.2) is 59.4 Å². The lowest BCUT2D eigenvalue weighted by molar-refractivity contribution is -0.137. The summed E-state index contributed by atoms with van der Waals surface area (Å²) >= 11 is 6.26. The number of nitrogens with two attached hydrogens (primary N) is 1. The SMILES string of the molecule is COc1c(Cl)ccc2c(=O)c3ccc(-c4cccc(N)c4)cc3n(CC(=O)O)c12. The number of hydrogen-bond donors (Lipinski definition) is 2. The molecule has 29 heavy (non-hydrogen) atoms. The summed E-state index contributed by atoms with van der Waals surface area (Å²) in [6.45, 7) is -0.357. The van der Waals surface area contributed by atoms with Gasteiger partial charge in [-0.2, -0.15) is 0 Å². The molecule has 0 fully saturated rings. The molecule has 4 rings (SSSR count). The zero-order valence-corrected chi connectivity index (χ0v) is 16.2. The lowest BCUT2D eigenvalue weighted by Gasteiger charge is -2.17. The van der Waals surface area contributed by atoms with Crippen LogP contribution in [0.2, 0.25) is 5.02 Å². The van der Waals surface area contributed by atoms with Crippen molar-refractivity contribution >= 4 is 45.1 Å². The van der Waals surface area contributed by atoms with Gasteiger partial charge in [0.05, 0.1) is 28.6 Å². The summed E-state index contributed by atoms with van der Waals surface area (Å²) < 4.78 is 6.96. The minimum atomic E-state index is -1.05. The maximum atomic E-state index is 13.1. The van der Waals surface area contributed by atoms with Crippen LogP contribution in [0.25, 0.3) is 32.9 Å². The predicted molar refractivity (Wildman–Crippen MR) is 115 cm³/mol. The molecule has 1 aromatic heterocycles. The van der Waals surface area contributed by atoms with Gasteiger partial charge in [-0.15, -0.1) is 0 Å². The summed E-state index contributed by atoms with van der Waals surface area (Å²) in [4.78, 5) is 24.8. The van der Waals surface area contributed by atoms with Crippen molar-refractivity contribution in [1.29, 1.82) is 0 Å². The third-order valence-corrected chi connectivity index (χ3v) is 5.15. The van der Waals surface area contributed by atoms with Crippen LogP contribution in [-0.2, 0) is 11.3 Å². The molecule has 3 N–H and O–H groups in total. The molecule has 0 spiro atoms. The van der Waals surface area contributed by atoms with Gasteiger partial charge in [-0.1, -0.05) is 29.8 Å². The van der Waals surface area contributed by atoms with E-state index in [-0.39, 0.29) is 17.7 Å². The summed E-state index contributed by atoms with van der Waals surface area (Å²) in [6, 6.07) is 15.8. The van der Waals surface area contributed by atoms with E-state index in [1.165, 1.54) is 7.11 Å². The number of methoxy groups -OCH3 is 1. The van der Waals surface area contributed by atoms with E-state index in [4.69, 9.17) is 22.1 Å². The predicted octanol–water partition coefficient (Wildman–Crippen LogP) is 4.15. The van der Waals surface area contributed by atoms with E-state index in [0.717, 1.165) is 11.1 Å². The van der Waals surface area contributed by atoms with Crippen molar-refractivity contribution in [3.63, 3.8) is 0 Å². The number of aromatic nitrogens is 1. The molecule has 146 valence electrons. The Balaban J connectivity index is 2.16. The first-order valence-electron chi connectivity index (χ1n) is 8.81. The van der Waals surface area contributed by atoms with Gasteiger partial charge in [0, 0.05) is 11.1 Å². The second-order valence-corrected chi connectivity index (χ2v) is 7.05. The molecular formula is C22H17ClN2O4. The molecule has 4 aromatic rings. The number of rotatable bonds is 4. The van der Waals surface area contributed by atoms with Crippen molar-refractivity contribution in [3.8, 4) is 16.9 Å². The van der Waals surface area contributed by atoms with Crippen LogP contribution in [0, 0.1) is 0 Å². The number of hydrogen-bond acceptors (Lipinski definition) is 4. The highest BCUT2D eigenvalue weighted by atomic mass is 35.5. The summed E-state index contributed by atoms with van der Waals surface area (Å²) in [5, 5.41) is 10.6. The van der Waals surface area contributed by atoms with Crippen molar-refractivity contribution in [1.82, 2.24) is 4.57 Å². The van der Waals surface area contributed by atoms with Crippen LogP contribution in [0.4, 0.5) is 5.69 Å². The standard InChI is InChI=1S/C22H17ClN2O4/c1-29-22-17(23)8-7-16-20(22)25(11-19(26)27)18-10-13(5-6-15(18)21(16)28)12-3-2-4-14(24)9-12/h2-10H,11,24H2,1H3,(H,26,27). The Kier molecular flexibility index (Phi) is 4.64. The number of anilines is 1. The number of carboxylic acid groups (broad SMARTS) is 1. The molecule has 0 amide bonds. The molecule has 0 atom stereocenters. The fourth-order valence-corrected chi connectivity index (χ4v) is 3.83. The highest BCUT2D eigenvalue weighted by Gasteiger charge is 2.19. The van der Waals surface area contributed by atoms with Crippen LogP contribution < -0.4 is 15.9 Å². The topological polar surface area (TPSA) is 94.5 Å². The van der Waals surface area contributed by atoms with Crippen molar-refractivity contribution < 1.29 is 14.6 Å². The van der Waals surface area contributed by atoms with E-state index in [1.54, 1.807) is 34.9 Å². The first-order chi connectivity index (χ1) is 13.9.